The van der Waals surface area contributed by atoms with Gasteiger partial charge in [0.1, 0.15) is 6.61 Å². The van der Waals surface area contributed by atoms with Crippen molar-refractivity contribution in [3.8, 4) is 5.75 Å². The first-order chi connectivity index (χ1) is 11.7. The normalized spacial score (nSPS) is 12.4. The highest BCUT2D eigenvalue weighted by molar-refractivity contribution is 5.79. The van der Waals surface area contributed by atoms with Crippen LogP contribution in [0.5, 0.6) is 5.75 Å². The number of hydrogen-bond donors (Lipinski definition) is 1. The van der Waals surface area contributed by atoms with E-state index in [0.717, 1.165) is 12.8 Å². The molecule has 0 aliphatic rings. The molecule has 4 nitrogen and oxygen atoms in total. The van der Waals surface area contributed by atoms with Gasteiger partial charge in [-0.2, -0.15) is 4.89 Å². The highest BCUT2D eigenvalue weighted by Crippen LogP contribution is 2.16. The highest BCUT2D eigenvalue weighted by atomic mass is 17.2. The summed E-state index contributed by atoms with van der Waals surface area (Å²) in [5.74, 6) is -0.224. The van der Waals surface area contributed by atoms with Crippen LogP contribution in [0.3, 0.4) is 0 Å². The molecule has 1 aromatic carbocycles. The van der Waals surface area contributed by atoms with E-state index in [1.54, 1.807) is 6.08 Å². The molecule has 24 heavy (non-hydrogen) atoms. The second-order valence-corrected chi connectivity index (χ2v) is 6.05. The number of carboxylic acids is 1. The Kier molecular flexibility index (Phi) is 11.5. The van der Waals surface area contributed by atoms with Gasteiger partial charge in [0.15, 0.2) is 5.75 Å². The van der Waals surface area contributed by atoms with Crippen molar-refractivity contribution in [1.82, 2.24) is 0 Å². The van der Waals surface area contributed by atoms with E-state index in [9.17, 15) is 4.79 Å². The molecular weight excluding hydrogens is 304 g/mol. The Hall–Kier alpha value is -1.81. The maximum absolute atomic E-state index is 10.7. The number of para-hydroxylation sites is 1. The number of aliphatic carboxylic acids is 1. The maximum Gasteiger partial charge on any atom is 0.327 e. The van der Waals surface area contributed by atoms with E-state index in [2.05, 4.69) is 6.92 Å². The van der Waals surface area contributed by atoms with Crippen LogP contribution < -0.4 is 4.89 Å². The van der Waals surface area contributed by atoms with E-state index < -0.39 is 5.97 Å². The second-order valence-electron chi connectivity index (χ2n) is 6.05. The van der Waals surface area contributed by atoms with E-state index in [1.807, 2.05) is 30.3 Å². The van der Waals surface area contributed by atoms with Gasteiger partial charge < -0.3 is 9.99 Å². The fraction of sp³-hybridized carbons (Fsp3) is 0.550. The lowest BCUT2D eigenvalue weighted by atomic mass is 10.00. The van der Waals surface area contributed by atoms with Crippen molar-refractivity contribution in [1.29, 1.82) is 0 Å². The number of carbonyl (C=O) groups is 1. The molecule has 0 amide bonds. The SMILES string of the molecule is CCCCCCCCCC(C=CC(=O)O)COOc1ccccc1. The molecule has 0 fully saturated rings. The van der Waals surface area contributed by atoms with Gasteiger partial charge in [-0.05, 0) is 18.6 Å². The minimum atomic E-state index is -0.927. The summed E-state index contributed by atoms with van der Waals surface area (Å²) in [5, 5.41) is 8.80. The van der Waals surface area contributed by atoms with Gasteiger partial charge in [0.05, 0.1) is 0 Å². The molecule has 134 valence electrons. The van der Waals surface area contributed by atoms with E-state index in [0.29, 0.717) is 12.4 Å². The smallest absolute Gasteiger partial charge is 0.327 e. The number of carboxylic acid groups (broad SMARTS) is 1. The standard InChI is InChI=1S/C20H30O4/c1-2-3-4-5-6-7-9-12-18(15-16-20(21)22)17-23-24-19-13-10-8-11-14-19/h8,10-11,13-16,18H,2-7,9,12,17H2,1H3,(H,21,22). The lowest BCUT2D eigenvalue weighted by molar-refractivity contribution is -0.213. The molecule has 0 radical (unpaired) electrons. The van der Waals surface area contributed by atoms with E-state index in [-0.39, 0.29) is 5.92 Å². The van der Waals surface area contributed by atoms with Gasteiger partial charge in [-0.25, -0.2) is 4.79 Å². The van der Waals surface area contributed by atoms with Crippen molar-refractivity contribution in [3.05, 3.63) is 42.5 Å². The van der Waals surface area contributed by atoms with Crippen molar-refractivity contribution in [2.75, 3.05) is 6.61 Å². The van der Waals surface area contributed by atoms with Crippen LogP contribution in [0.25, 0.3) is 0 Å². The summed E-state index contributed by atoms with van der Waals surface area (Å²) >= 11 is 0. The molecule has 1 rings (SSSR count). The molecule has 4 heteroatoms. The summed E-state index contributed by atoms with van der Waals surface area (Å²) in [4.78, 5) is 21.2. The third-order valence-electron chi connectivity index (χ3n) is 3.87. The van der Waals surface area contributed by atoms with Gasteiger partial charge in [-0.1, -0.05) is 76.1 Å². The zero-order valence-electron chi connectivity index (χ0n) is 14.7. The van der Waals surface area contributed by atoms with Crippen LogP contribution in [0.2, 0.25) is 0 Å². The largest absolute Gasteiger partial charge is 0.478 e. The van der Waals surface area contributed by atoms with Gasteiger partial charge >= 0.3 is 5.97 Å². The van der Waals surface area contributed by atoms with Crippen molar-refractivity contribution in [2.24, 2.45) is 5.92 Å². The van der Waals surface area contributed by atoms with E-state index in [1.165, 1.54) is 44.6 Å². The van der Waals surface area contributed by atoms with Gasteiger partial charge in [0.2, 0.25) is 0 Å². The Morgan fingerprint density at radius 2 is 1.75 bits per heavy atom. The molecule has 0 aromatic heterocycles. The average molecular weight is 334 g/mol. The van der Waals surface area contributed by atoms with E-state index >= 15 is 0 Å². The molecule has 0 aliphatic carbocycles. The van der Waals surface area contributed by atoms with Gasteiger partial charge in [-0.3, -0.25) is 0 Å². The molecule has 0 spiro atoms. The Morgan fingerprint density at radius 3 is 2.42 bits per heavy atom. The lowest BCUT2D eigenvalue weighted by Gasteiger charge is -2.12. The zero-order chi connectivity index (χ0) is 17.5. The molecule has 1 aromatic rings. The molecule has 0 heterocycles. The second kappa shape index (κ2) is 13.6. The first-order valence-corrected chi connectivity index (χ1v) is 8.98. The van der Waals surface area contributed by atoms with Crippen LogP contribution in [0, 0.1) is 5.92 Å². The van der Waals surface area contributed by atoms with Crippen LogP contribution in [0.4, 0.5) is 0 Å². The summed E-state index contributed by atoms with van der Waals surface area (Å²) in [7, 11) is 0. The highest BCUT2D eigenvalue weighted by Gasteiger charge is 2.07. The topological polar surface area (TPSA) is 55.8 Å². The first kappa shape index (κ1) is 20.2. The Bertz CT molecular complexity index is 456. The molecule has 0 saturated carbocycles. The fourth-order valence-corrected chi connectivity index (χ4v) is 2.48. The monoisotopic (exact) mass is 334 g/mol. The van der Waals surface area contributed by atoms with Crippen molar-refractivity contribution < 1.29 is 19.7 Å². The van der Waals surface area contributed by atoms with Crippen LogP contribution in [-0.4, -0.2) is 17.7 Å². The average Bonchev–Trinajstić information content (AvgIpc) is 2.59. The molecule has 1 unspecified atom stereocenters. The number of unbranched alkanes of at least 4 members (excludes halogenated alkanes) is 6. The third kappa shape index (κ3) is 10.8. The first-order valence-electron chi connectivity index (χ1n) is 8.98. The molecule has 1 atom stereocenters. The Balaban J connectivity index is 2.25. The fourth-order valence-electron chi connectivity index (χ4n) is 2.48. The molecule has 0 bridgehead atoms. The molecule has 0 saturated heterocycles. The zero-order valence-corrected chi connectivity index (χ0v) is 14.7. The number of benzene rings is 1. The summed E-state index contributed by atoms with van der Waals surface area (Å²) in [6, 6.07) is 9.29. The van der Waals surface area contributed by atoms with Crippen LogP contribution in [-0.2, 0) is 9.68 Å². The summed E-state index contributed by atoms with van der Waals surface area (Å²) in [6.07, 6.45) is 12.5. The third-order valence-corrected chi connectivity index (χ3v) is 3.87. The predicted molar refractivity (Wildman–Crippen MR) is 95.9 cm³/mol. The lowest BCUT2D eigenvalue weighted by Crippen LogP contribution is -2.10. The Morgan fingerprint density at radius 1 is 1.08 bits per heavy atom. The quantitative estimate of drug-likeness (QED) is 0.214. The van der Waals surface area contributed by atoms with Gasteiger partial charge in [-0.15, -0.1) is 0 Å². The summed E-state index contributed by atoms with van der Waals surface area (Å²) in [6.45, 7) is 2.57. The minimum Gasteiger partial charge on any atom is -0.478 e. The summed E-state index contributed by atoms with van der Waals surface area (Å²) < 4.78 is 0. The minimum absolute atomic E-state index is 0.0560. The van der Waals surface area contributed by atoms with Gasteiger partial charge in [0, 0.05) is 12.0 Å². The van der Waals surface area contributed by atoms with Crippen molar-refractivity contribution >= 4 is 5.97 Å². The van der Waals surface area contributed by atoms with E-state index in [4.69, 9.17) is 14.9 Å². The molecule has 1 N–H and O–H groups in total. The predicted octanol–water partition coefficient (Wildman–Crippen LogP) is 5.39. The van der Waals surface area contributed by atoms with Gasteiger partial charge in [0.25, 0.3) is 0 Å². The maximum atomic E-state index is 10.7. The van der Waals surface area contributed by atoms with Crippen molar-refractivity contribution in [3.63, 3.8) is 0 Å². The number of rotatable bonds is 14. The number of hydrogen-bond acceptors (Lipinski definition) is 3. The summed E-state index contributed by atoms with van der Waals surface area (Å²) in [5.41, 5.74) is 0. The van der Waals surface area contributed by atoms with Crippen LogP contribution in [0.1, 0.15) is 58.3 Å². The van der Waals surface area contributed by atoms with Crippen LogP contribution in [0.15, 0.2) is 42.5 Å². The van der Waals surface area contributed by atoms with Crippen molar-refractivity contribution in [2.45, 2.75) is 58.3 Å². The molecular formula is C20H30O4. The van der Waals surface area contributed by atoms with Crippen LogP contribution >= 0.6 is 0 Å². The molecule has 0 aliphatic heterocycles. The Labute approximate surface area is 145 Å².